The number of aromatic nitrogens is 5. The van der Waals surface area contributed by atoms with E-state index in [1.165, 1.54) is 0 Å². The first-order chi connectivity index (χ1) is 14.2. The second-order valence-electron chi connectivity index (χ2n) is 6.56. The van der Waals surface area contributed by atoms with E-state index in [-0.39, 0.29) is 0 Å². The van der Waals surface area contributed by atoms with Crippen molar-refractivity contribution in [3.63, 3.8) is 0 Å². The summed E-state index contributed by atoms with van der Waals surface area (Å²) in [7, 11) is 1.93. The fourth-order valence-electron chi connectivity index (χ4n) is 3.14. The number of nitrogens with zero attached hydrogens (tertiary/aromatic N) is 6. The minimum Gasteiger partial charge on any atom is -0.332 e. The number of pyridine rings is 1. The summed E-state index contributed by atoms with van der Waals surface area (Å²) in [6, 6.07) is 9.67. The van der Waals surface area contributed by atoms with E-state index >= 15 is 0 Å². The molecule has 0 saturated carbocycles. The zero-order chi connectivity index (χ0) is 20.2. The molecule has 0 N–H and O–H groups in total. The lowest BCUT2D eigenvalue weighted by Gasteiger charge is -2.10. The van der Waals surface area contributed by atoms with Gasteiger partial charge in [-0.1, -0.05) is 17.7 Å². The molecule has 0 bridgehead atoms. The summed E-state index contributed by atoms with van der Waals surface area (Å²) in [5, 5.41) is 9.63. The van der Waals surface area contributed by atoms with Gasteiger partial charge in [-0.15, -0.1) is 0 Å². The third-order valence-corrected chi connectivity index (χ3v) is 4.96. The smallest absolute Gasteiger partial charge is 0.218 e. The van der Waals surface area contributed by atoms with E-state index in [1.54, 1.807) is 18.7 Å². The maximum Gasteiger partial charge on any atom is 0.218 e. The van der Waals surface area contributed by atoms with Crippen molar-refractivity contribution in [2.45, 2.75) is 6.42 Å². The van der Waals surface area contributed by atoms with E-state index < -0.39 is 0 Å². The Balaban J connectivity index is 1.89. The lowest BCUT2D eigenvalue weighted by molar-refractivity contribution is 0.917. The van der Waals surface area contributed by atoms with Gasteiger partial charge in [0.1, 0.15) is 0 Å². The van der Waals surface area contributed by atoms with Gasteiger partial charge in [-0.2, -0.15) is 10.2 Å². The van der Waals surface area contributed by atoms with E-state index in [9.17, 15) is 0 Å². The molecule has 0 fully saturated rings. The van der Waals surface area contributed by atoms with Crippen LogP contribution in [0.5, 0.6) is 0 Å². The summed E-state index contributed by atoms with van der Waals surface area (Å²) in [4.78, 5) is 12.5. The van der Waals surface area contributed by atoms with Crippen LogP contribution in [0.1, 0.15) is 16.8 Å². The molecule has 4 rings (SSSR count). The molecule has 0 aliphatic carbocycles. The molecule has 142 valence electrons. The van der Waals surface area contributed by atoms with Crippen LogP contribution in [-0.4, -0.2) is 31.3 Å². The Bertz CT molecular complexity index is 1240. The first-order valence-corrected chi connectivity index (χ1v) is 9.42. The molecule has 0 aliphatic rings. The number of halogens is 1. The molecular weight excluding hydrogens is 384 g/mol. The minimum atomic E-state index is 0.399. The van der Waals surface area contributed by atoms with Gasteiger partial charge in [0, 0.05) is 30.1 Å². The Hall–Kier alpha value is -3.56. The van der Waals surface area contributed by atoms with Crippen molar-refractivity contribution in [2.24, 2.45) is 7.05 Å². The number of imidazole rings is 1. The van der Waals surface area contributed by atoms with Gasteiger partial charge in [0.2, 0.25) is 6.54 Å². The molecule has 3 aromatic heterocycles. The summed E-state index contributed by atoms with van der Waals surface area (Å²) >= 11 is 6.48. The predicted molar refractivity (Wildman–Crippen MR) is 115 cm³/mol. The van der Waals surface area contributed by atoms with E-state index in [0.29, 0.717) is 18.0 Å². The molecule has 6 nitrogen and oxygen atoms in total. The van der Waals surface area contributed by atoms with Gasteiger partial charge >= 0.3 is 0 Å². The lowest BCUT2D eigenvalue weighted by atomic mass is 10.0. The molecule has 0 radical (unpaired) electrons. The van der Waals surface area contributed by atoms with Crippen LogP contribution in [0.4, 0.5) is 0 Å². The van der Waals surface area contributed by atoms with Crippen LogP contribution in [0.2, 0.25) is 5.02 Å². The van der Waals surface area contributed by atoms with Crippen molar-refractivity contribution in [1.82, 2.24) is 24.7 Å². The van der Waals surface area contributed by atoms with Gasteiger partial charge in [-0.05, 0) is 47.5 Å². The second-order valence-corrected chi connectivity index (χ2v) is 6.97. The summed E-state index contributed by atoms with van der Waals surface area (Å²) in [5.41, 5.74) is 5.20. The maximum atomic E-state index is 7.05. The van der Waals surface area contributed by atoms with Gasteiger partial charge in [0.25, 0.3) is 0 Å². The number of rotatable bonds is 5. The van der Waals surface area contributed by atoms with Crippen molar-refractivity contribution in [1.29, 1.82) is 0 Å². The SMILES string of the molecule is [C-]#[N+]CCc1cc2c(C=Cc3cccnn3)cc(-c3cncn3C)nc2cc1Cl. The van der Waals surface area contributed by atoms with Crippen molar-refractivity contribution >= 4 is 34.7 Å². The van der Waals surface area contributed by atoms with Crippen LogP contribution >= 0.6 is 11.6 Å². The Morgan fingerprint density at radius 1 is 1.24 bits per heavy atom. The van der Waals surface area contributed by atoms with Crippen LogP contribution in [0.3, 0.4) is 0 Å². The molecule has 3 heterocycles. The van der Waals surface area contributed by atoms with E-state index in [1.807, 2.05) is 54.1 Å². The maximum absolute atomic E-state index is 7.05. The Morgan fingerprint density at radius 3 is 2.86 bits per heavy atom. The summed E-state index contributed by atoms with van der Waals surface area (Å²) in [6.45, 7) is 7.45. The van der Waals surface area contributed by atoms with E-state index in [4.69, 9.17) is 23.2 Å². The molecule has 1 aromatic carbocycles. The minimum absolute atomic E-state index is 0.399. The molecule has 29 heavy (non-hydrogen) atoms. The fourth-order valence-corrected chi connectivity index (χ4v) is 3.39. The highest BCUT2D eigenvalue weighted by atomic mass is 35.5. The molecule has 7 heteroatoms. The molecule has 0 atom stereocenters. The van der Waals surface area contributed by atoms with Gasteiger partial charge in [0.05, 0.1) is 35.1 Å². The van der Waals surface area contributed by atoms with Crippen LogP contribution in [-0.2, 0) is 13.5 Å². The average Bonchev–Trinajstić information content (AvgIpc) is 3.17. The van der Waals surface area contributed by atoms with Crippen molar-refractivity contribution < 1.29 is 0 Å². The molecule has 0 aliphatic heterocycles. The Morgan fingerprint density at radius 2 is 2.14 bits per heavy atom. The third kappa shape index (κ3) is 4.00. The summed E-state index contributed by atoms with van der Waals surface area (Å²) in [5.74, 6) is 0. The highest BCUT2D eigenvalue weighted by Gasteiger charge is 2.12. The molecule has 0 unspecified atom stereocenters. The monoisotopic (exact) mass is 400 g/mol. The normalized spacial score (nSPS) is 11.2. The predicted octanol–water partition coefficient (Wildman–Crippen LogP) is 4.71. The number of hydrogen-bond donors (Lipinski definition) is 0. The van der Waals surface area contributed by atoms with E-state index in [2.05, 4.69) is 20.0 Å². The van der Waals surface area contributed by atoms with Crippen LogP contribution in [0.25, 0.3) is 39.3 Å². The Kier molecular flexibility index (Phi) is 5.32. The van der Waals surface area contributed by atoms with Crippen LogP contribution in [0.15, 0.2) is 49.1 Å². The first-order valence-electron chi connectivity index (χ1n) is 9.04. The van der Waals surface area contributed by atoms with Crippen molar-refractivity contribution in [3.8, 4) is 11.4 Å². The standard InChI is InChI=1S/C22H17ClN6/c1-24-9-7-16-10-18-15(5-6-17-4-3-8-26-28-17)11-21(22-13-25-14-29(22)2)27-20(18)12-19(16)23/h3-6,8,10-14H,7,9H2,2H3. The molecule has 0 spiro atoms. The van der Waals surface area contributed by atoms with Crippen molar-refractivity contribution in [3.05, 3.63) is 82.3 Å². The van der Waals surface area contributed by atoms with Gasteiger partial charge in [-0.25, -0.2) is 16.5 Å². The zero-order valence-corrected chi connectivity index (χ0v) is 16.5. The van der Waals surface area contributed by atoms with Crippen LogP contribution < -0.4 is 0 Å². The second kappa shape index (κ2) is 8.21. The fraction of sp³-hybridized carbons (Fsp3) is 0.136. The topological polar surface area (TPSA) is 60.9 Å². The highest BCUT2D eigenvalue weighted by Crippen LogP contribution is 2.30. The van der Waals surface area contributed by atoms with Crippen LogP contribution in [0, 0.1) is 6.57 Å². The van der Waals surface area contributed by atoms with E-state index in [0.717, 1.165) is 39.1 Å². The largest absolute Gasteiger partial charge is 0.332 e. The van der Waals surface area contributed by atoms with Crippen molar-refractivity contribution in [2.75, 3.05) is 6.54 Å². The molecule has 0 amide bonds. The molecule has 4 aromatic rings. The summed E-state index contributed by atoms with van der Waals surface area (Å²) < 4.78 is 1.93. The third-order valence-electron chi connectivity index (χ3n) is 4.61. The summed E-state index contributed by atoms with van der Waals surface area (Å²) in [6.07, 6.45) is 9.70. The average molecular weight is 401 g/mol. The number of benzene rings is 1. The first kappa shape index (κ1) is 18.8. The van der Waals surface area contributed by atoms with Gasteiger partial charge in [-0.3, -0.25) is 0 Å². The lowest BCUT2D eigenvalue weighted by Crippen LogP contribution is -1.96. The Labute approximate surface area is 173 Å². The molecular formula is C22H17ClN6. The van der Waals surface area contributed by atoms with Gasteiger partial charge < -0.3 is 9.41 Å². The number of fused-ring (bicyclic) bond motifs is 1. The van der Waals surface area contributed by atoms with Gasteiger partial charge in [0.15, 0.2) is 0 Å². The quantitative estimate of drug-likeness (QED) is 0.455. The highest BCUT2D eigenvalue weighted by molar-refractivity contribution is 6.32. The number of hydrogen-bond acceptors (Lipinski definition) is 4. The molecule has 0 saturated heterocycles. The zero-order valence-electron chi connectivity index (χ0n) is 15.7. The number of aryl methyl sites for hydroxylation is 1.